The summed E-state index contributed by atoms with van der Waals surface area (Å²) in [5.41, 5.74) is 3.76. The molecular formula is C29H45N3O2. The van der Waals surface area contributed by atoms with Crippen LogP contribution in [0, 0.1) is 0 Å². The van der Waals surface area contributed by atoms with E-state index >= 15 is 0 Å². The van der Waals surface area contributed by atoms with Crippen molar-refractivity contribution in [1.82, 2.24) is 9.80 Å². The van der Waals surface area contributed by atoms with Crippen molar-refractivity contribution in [3.63, 3.8) is 0 Å². The molecule has 1 aliphatic heterocycles. The Balaban J connectivity index is 1.73. The number of carbonyl (C=O) groups is 2. The molecule has 0 N–H and O–H groups in total. The number of urea groups is 1. The Bertz CT molecular complexity index is 857. The van der Waals surface area contributed by atoms with E-state index in [0.717, 1.165) is 32.2 Å². The minimum atomic E-state index is -0.0973. The number of benzene rings is 1. The molecule has 0 bridgehead atoms. The van der Waals surface area contributed by atoms with E-state index in [0.29, 0.717) is 18.4 Å². The van der Waals surface area contributed by atoms with Gasteiger partial charge in [-0.1, -0.05) is 78.5 Å². The number of amides is 2. The monoisotopic (exact) mass is 467 g/mol. The number of unbranched alkanes of at least 4 members (excludes halogenated alkanes) is 1. The molecule has 0 aromatic heterocycles. The zero-order valence-corrected chi connectivity index (χ0v) is 22.3. The van der Waals surface area contributed by atoms with E-state index in [4.69, 9.17) is 4.99 Å². The number of nitrogens with zero attached hydrogens (tertiary/aromatic N) is 3. The van der Waals surface area contributed by atoms with Crippen LogP contribution in [0.5, 0.6) is 0 Å². The molecule has 0 unspecified atom stereocenters. The van der Waals surface area contributed by atoms with Crippen LogP contribution in [0.1, 0.15) is 121 Å². The molecule has 1 saturated carbocycles. The van der Waals surface area contributed by atoms with Crippen LogP contribution in [-0.4, -0.2) is 53.0 Å². The van der Waals surface area contributed by atoms with Crippen molar-refractivity contribution in [1.29, 1.82) is 0 Å². The van der Waals surface area contributed by atoms with E-state index in [-0.39, 0.29) is 29.9 Å². The second kappa shape index (κ2) is 11.5. The molecule has 34 heavy (non-hydrogen) atoms. The maximum atomic E-state index is 13.3. The minimum absolute atomic E-state index is 0.0393. The van der Waals surface area contributed by atoms with Crippen LogP contribution in [0.4, 0.5) is 4.79 Å². The van der Waals surface area contributed by atoms with Gasteiger partial charge in [-0.25, -0.2) is 4.79 Å². The molecule has 5 heteroatoms. The molecule has 5 nitrogen and oxygen atoms in total. The summed E-state index contributed by atoms with van der Waals surface area (Å²) in [5.74, 6) is 0.701. The zero-order valence-electron chi connectivity index (χ0n) is 22.3. The van der Waals surface area contributed by atoms with Gasteiger partial charge in [-0.2, -0.15) is 0 Å². The molecule has 1 aromatic carbocycles. The Morgan fingerprint density at radius 3 is 2.24 bits per heavy atom. The maximum Gasteiger partial charge on any atom is 0.321 e. The Morgan fingerprint density at radius 1 is 1.06 bits per heavy atom. The summed E-state index contributed by atoms with van der Waals surface area (Å²) in [4.78, 5) is 34.8. The van der Waals surface area contributed by atoms with Crippen LogP contribution in [0.25, 0.3) is 0 Å². The predicted molar refractivity (Wildman–Crippen MR) is 141 cm³/mol. The van der Waals surface area contributed by atoms with Crippen molar-refractivity contribution in [2.75, 3.05) is 19.6 Å². The number of rotatable bonds is 10. The van der Waals surface area contributed by atoms with E-state index in [1.807, 2.05) is 0 Å². The highest BCUT2D eigenvalue weighted by Crippen LogP contribution is 2.39. The molecule has 1 aromatic rings. The molecule has 1 spiro atoms. The molecule has 1 heterocycles. The third-order valence-electron chi connectivity index (χ3n) is 7.70. The summed E-state index contributed by atoms with van der Waals surface area (Å²) in [6, 6.07) is 6.42. The first-order valence-corrected chi connectivity index (χ1v) is 13.5. The molecule has 2 aliphatic rings. The van der Waals surface area contributed by atoms with Gasteiger partial charge in [-0.05, 0) is 54.7 Å². The van der Waals surface area contributed by atoms with Crippen LogP contribution in [0.15, 0.2) is 23.2 Å². The summed E-state index contributed by atoms with van der Waals surface area (Å²) < 4.78 is 0. The summed E-state index contributed by atoms with van der Waals surface area (Å²) in [6.07, 6.45) is 9.26. The van der Waals surface area contributed by atoms with Crippen molar-refractivity contribution in [3.05, 3.63) is 34.9 Å². The second-order valence-electron chi connectivity index (χ2n) is 11.0. The van der Waals surface area contributed by atoms with Crippen molar-refractivity contribution < 1.29 is 9.59 Å². The third kappa shape index (κ3) is 5.72. The van der Waals surface area contributed by atoms with Crippen molar-refractivity contribution >= 4 is 18.0 Å². The summed E-state index contributed by atoms with van der Waals surface area (Å²) in [7, 11) is 0. The first-order valence-electron chi connectivity index (χ1n) is 13.5. The van der Waals surface area contributed by atoms with Gasteiger partial charge >= 0.3 is 6.03 Å². The van der Waals surface area contributed by atoms with Crippen molar-refractivity contribution in [2.24, 2.45) is 4.99 Å². The number of carbonyl (C=O) groups excluding carboxylic acids is 2. The second-order valence-corrected chi connectivity index (χ2v) is 11.0. The van der Waals surface area contributed by atoms with Crippen molar-refractivity contribution in [3.8, 4) is 0 Å². The van der Waals surface area contributed by atoms with E-state index < -0.39 is 0 Å². The highest BCUT2D eigenvalue weighted by molar-refractivity contribution is 6.28. The molecule has 1 saturated heterocycles. The molecule has 0 radical (unpaired) electrons. The quantitative estimate of drug-likeness (QED) is 0.352. The van der Waals surface area contributed by atoms with Gasteiger partial charge in [0.1, 0.15) is 0 Å². The largest absolute Gasteiger partial charge is 0.321 e. The zero-order chi connectivity index (χ0) is 24.9. The van der Waals surface area contributed by atoms with Gasteiger partial charge in [0.15, 0.2) is 5.78 Å². The van der Waals surface area contributed by atoms with Crippen LogP contribution in [0.3, 0.4) is 0 Å². The van der Waals surface area contributed by atoms with Gasteiger partial charge in [0.25, 0.3) is 0 Å². The van der Waals surface area contributed by atoms with E-state index in [1.54, 1.807) is 4.90 Å². The molecule has 2 amide bonds. The lowest BCUT2D eigenvalue weighted by atomic mass is 9.81. The lowest BCUT2D eigenvalue weighted by Gasteiger charge is -2.40. The van der Waals surface area contributed by atoms with E-state index in [9.17, 15) is 9.59 Å². The molecule has 1 atom stereocenters. The molecule has 1 aliphatic carbocycles. The van der Waals surface area contributed by atoms with Gasteiger partial charge in [-0.3, -0.25) is 9.79 Å². The lowest BCUT2D eigenvalue weighted by molar-refractivity contribution is -0.113. The third-order valence-corrected chi connectivity index (χ3v) is 7.70. The average molecular weight is 468 g/mol. The Labute approximate surface area is 207 Å². The van der Waals surface area contributed by atoms with Gasteiger partial charge in [0.05, 0.1) is 24.3 Å². The van der Waals surface area contributed by atoms with Crippen LogP contribution < -0.4 is 0 Å². The summed E-state index contributed by atoms with van der Waals surface area (Å²) in [6.45, 7) is 14.7. The smallest absolute Gasteiger partial charge is 0.317 e. The average Bonchev–Trinajstić information content (AvgIpc) is 3.05. The Morgan fingerprint density at radius 2 is 1.68 bits per heavy atom. The summed E-state index contributed by atoms with van der Waals surface area (Å²) >= 11 is 0. The van der Waals surface area contributed by atoms with Gasteiger partial charge < -0.3 is 9.80 Å². The first kappa shape index (κ1) is 26.4. The minimum Gasteiger partial charge on any atom is -0.317 e. The normalized spacial score (nSPS) is 19.2. The van der Waals surface area contributed by atoms with Crippen LogP contribution in [0.2, 0.25) is 0 Å². The number of Topliss-reactive ketones (excluding diaryl/α,β-unsaturated/α-hetero) is 1. The topological polar surface area (TPSA) is 53.0 Å². The van der Waals surface area contributed by atoms with Crippen LogP contribution in [-0.2, 0) is 4.79 Å². The van der Waals surface area contributed by atoms with Gasteiger partial charge in [-0.15, -0.1) is 0 Å². The van der Waals surface area contributed by atoms with E-state index in [1.165, 1.54) is 42.2 Å². The molecule has 3 rings (SSSR count). The fourth-order valence-corrected chi connectivity index (χ4v) is 5.88. The molecule has 188 valence electrons. The highest BCUT2D eigenvalue weighted by Gasteiger charge is 2.49. The highest BCUT2D eigenvalue weighted by atomic mass is 16.2. The Hall–Kier alpha value is -2.17. The number of ketones is 1. The van der Waals surface area contributed by atoms with E-state index in [2.05, 4.69) is 64.6 Å². The van der Waals surface area contributed by atoms with Gasteiger partial charge in [0, 0.05) is 13.1 Å². The fraction of sp³-hybridized carbons (Fsp3) is 0.690. The standard InChI is InChI=1S/C29H45N3O2/c1-7-8-17-32-28(34)31(20-29(32)15-10-9-11-16-29)19-24(33)18-30-23(6)27-25(21(2)3)13-12-14-26(27)22(4)5/h12-14,18,21-23H,7-11,15-17,19-20H2,1-6H3/t23-/m1/s1. The number of hydrogen-bond acceptors (Lipinski definition) is 3. The SMILES string of the molecule is CCCCN1C(=O)N(CC(=O)C=N[C@H](C)c2c(C(C)C)cccc2C(C)C)CC12CCCCC2. The number of aliphatic imine (C=N–C) groups is 1. The fourth-order valence-electron chi connectivity index (χ4n) is 5.88. The number of hydrogen-bond donors (Lipinski definition) is 0. The Kier molecular flexibility index (Phi) is 8.95. The van der Waals surface area contributed by atoms with Gasteiger partial charge in [0.2, 0.25) is 0 Å². The van der Waals surface area contributed by atoms with Crippen molar-refractivity contribution in [2.45, 2.75) is 110 Å². The molecule has 2 fully saturated rings. The maximum absolute atomic E-state index is 13.3. The molecular weight excluding hydrogens is 422 g/mol. The lowest BCUT2D eigenvalue weighted by Crippen LogP contribution is -2.48. The summed E-state index contributed by atoms with van der Waals surface area (Å²) in [5, 5.41) is 0. The van der Waals surface area contributed by atoms with Crippen LogP contribution >= 0.6 is 0 Å². The first-order chi connectivity index (χ1) is 16.2. The predicted octanol–water partition coefficient (Wildman–Crippen LogP) is 6.87.